The highest BCUT2D eigenvalue weighted by Crippen LogP contribution is 2.35. The van der Waals surface area contributed by atoms with Crippen LogP contribution in [0.5, 0.6) is 5.75 Å². The van der Waals surface area contributed by atoms with Crippen LogP contribution in [-0.4, -0.2) is 32.5 Å². The molecule has 1 aliphatic carbocycles. The zero-order chi connectivity index (χ0) is 24.4. The van der Waals surface area contributed by atoms with Crippen LogP contribution >= 0.6 is 0 Å². The number of carbonyl (C=O) groups is 1. The van der Waals surface area contributed by atoms with Gasteiger partial charge in [0.15, 0.2) is 17.3 Å². The quantitative estimate of drug-likeness (QED) is 0.446. The molecule has 0 atom stereocenters. The van der Waals surface area contributed by atoms with Gasteiger partial charge in [-0.1, -0.05) is 18.2 Å². The summed E-state index contributed by atoms with van der Waals surface area (Å²) in [6.45, 7) is 0. The summed E-state index contributed by atoms with van der Waals surface area (Å²) in [5, 5.41) is 12.2. The molecular formula is C26H25N7O2. The highest BCUT2D eigenvalue weighted by Gasteiger charge is 2.28. The molecule has 2 aromatic carbocycles. The van der Waals surface area contributed by atoms with Gasteiger partial charge < -0.3 is 20.4 Å². The topological polar surface area (TPSA) is 132 Å². The average Bonchev–Trinajstić information content (AvgIpc) is 3.33. The predicted molar refractivity (Wildman–Crippen MR) is 133 cm³/mol. The molecule has 1 fully saturated rings. The monoisotopic (exact) mass is 467 g/mol. The van der Waals surface area contributed by atoms with Crippen LogP contribution in [0.4, 0.5) is 11.5 Å². The lowest BCUT2D eigenvalue weighted by Crippen LogP contribution is -2.28. The first kappa shape index (κ1) is 22.3. The average molecular weight is 468 g/mol. The molecule has 0 saturated heterocycles. The molecule has 9 heteroatoms. The van der Waals surface area contributed by atoms with Crippen LogP contribution in [0.25, 0.3) is 22.6 Å². The number of rotatable bonds is 5. The molecule has 4 aromatic rings. The van der Waals surface area contributed by atoms with E-state index in [1.54, 1.807) is 31.6 Å². The zero-order valence-corrected chi connectivity index (χ0v) is 19.3. The Morgan fingerprint density at radius 3 is 2.71 bits per heavy atom. The maximum Gasteiger partial charge on any atom is 0.227 e. The Morgan fingerprint density at radius 1 is 1.14 bits per heavy atom. The smallest absolute Gasteiger partial charge is 0.227 e. The first-order chi connectivity index (χ1) is 17.1. The van der Waals surface area contributed by atoms with Gasteiger partial charge in [-0.15, -0.1) is 0 Å². The van der Waals surface area contributed by atoms with Crippen LogP contribution in [-0.2, 0) is 4.79 Å². The number of nitrogen functional groups attached to an aromatic ring is 1. The van der Waals surface area contributed by atoms with Gasteiger partial charge in [0.1, 0.15) is 11.3 Å². The van der Waals surface area contributed by atoms with Crippen LogP contribution in [0.15, 0.2) is 54.9 Å². The van der Waals surface area contributed by atoms with Crippen LogP contribution in [0.3, 0.4) is 0 Å². The van der Waals surface area contributed by atoms with E-state index in [9.17, 15) is 10.1 Å². The van der Waals surface area contributed by atoms with E-state index in [1.165, 1.54) is 0 Å². The molecule has 1 amide bonds. The fraction of sp³-hybridized carbons (Fsp3) is 0.269. The van der Waals surface area contributed by atoms with E-state index in [0.29, 0.717) is 34.1 Å². The van der Waals surface area contributed by atoms with Crippen molar-refractivity contribution in [2.45, 2.75) is 31.7 Å². The van der Waals surface area contributed by atoms with E-state index in [4.69, 9.17) is 15.5 Å². The van der Waals surface area contributed by atoms with Gasteiger partial charge in [-0.2, -0.15) is 5.26 Å². The number of carbonyl (C=O) groups excluding carboxylic acids is 1. The molecule has 176 valence electrons. The van der Waals surface area contributed by atoms with E-state index in [1.807, 2.05) is 34.9 Å². The van der Waals surface area contributed by atoms with Gasteiger partial charge in [-0.25, -0.2) is 15.0 Å². The SMILES string of the molecule is COc1cccc(NC(=O)C2CCC(n3cnc4c(N)nc(-c5cccc(C#N)c5)nc43)CC2)c1. The number of nitrogens with zero attached hydrogens (tertiary/aromatic N) is 5. The molecule has 35 heavy (non-hydrogen) atoms. The Bertz CT molecular complexity index is 1430. The Labute approximate surface area is 202 Å². The van der Waals surface area contributed by atoms with Gasteiger partial charge in [0.05, 0.1) is 25.1 Å². The number of nitrogens with one attached hydrogen (secondary N) is 1. The Balaban J connectivity index is 1.33. The summed E-state index contributed by atoms with van der Waals surface area (Å²) >= 11 is 0. The summed E-state index contributed by atoms with van der Waals surface area (Å²) in [5.74, 6) is 1.44. The Morgan fingerprint density at radius 2 is 1.94 bits per heavy atom. The van der Waals surface area contributed by atoms with Gasteiger partial charge >= 0.3 is 0 Å². The number of fused-ring (bicyclic) bond motifs is 1. The molecule has 0 spiro atoms. The van der Waals surface area contributed by atoms with Crippen molar-refractivity contribution in [3.05, 3.63) is 60.4 Å². The summed E-state index contributed by atoms with van der Waals surface area (Å²) in [4.78, 5) is 26.5. The number of benzene rings is 2. The lowest BCUT2D eigenvalue weighted by atomic mass is 9.85. The number of aromatic nitrogens is 4. The molecule has 9 nitrogen and oxygen atoms in total. The first-order valence-electron chi connectivity index (χ1n) is 11.5. The van der Waals surface area contributed by atoms with E-state index in [2.05, 4.69) is 21.4 Å². The molecule has 5 rings (SSSR count). The maximum atomic E-state index is 12.8. The highest BCUT2D eigenvalue weighted by atomic mass is 16.5. The third-order valence-electron chi connectivity index (χ3n) is 6.50. The van der Waals surface area contributed by atoms with Crippen molar-refractivity contribution in [2.24, 2.45) is 5.92 Å². The standard InChI is InChI=1S/C26H25N7O2/c1-35-21-7-3-6-19(13-21)30-26(34)17-8-10-20(11-9-17)33-15-29-22-23(28)31-24(32-25(22)33)18-5-2-4-16(12-18)14-27/h2-7,12-13,15,17,20H,8-11H2,1H3,(H,30,34)(H2,28,31,32). The number of methoxy groups -OCH3 is 1. The van der Waals surface area contributed by atoms with Crippen LogP contribution in [0, 0.1) is 17.2 Å². The highest BCUT2D eigenvalue weighted by molar-refractivity contribution is 5.92. The minimum absolute atomic E-state index is 0.0263. The summed E-state index contributed by atoms with van der Waals surface area (Å²) in [7, 11) is 1.60. The third kappa shape index (κ3) is 4.51. The van der Waals surface area contributed by atoms with Crippen molar-refractivity contribution >= 4 is 28.6 Å². The third-order valence-corrected chi connectivity index (χ3v) is 6.50. The molecule has 0 radical (unpaired) electrons. The molecular weight excluding hydrogens is 442 g/mol. The van der Waals surface area contributed by atoms with Crippen molar-refractivity contribution in [1.29, 1.82) is 5.26 Å². The van der Waals surface area contributed by atoms with E-state index in [-0.39, 0.29) is 17.9 Å². The molecule has 0 bridgehead atoms. The number of imidazole rings is 1. The molecule has 0 unspecified atom stereocenters. The maximum absolute atomic E-state index is 12.8. The summed E-state index contributed by atoms with van der Waals surface area (Å²) in [5.41, 5.74) is 9.42. The second-order valence-corrected chi connectivity index (χ2v) is 8.68. The largest absolute Gasteiger partial charge is 0.497 e. The Kier molecular flexibility index (Phi) is 6.02. The summed E-state index contributed by atoms with van der Waals surface area (Å²) in [6.07, 6.45) is 4.93. The van der Waals surface area contributed by atoms with Crippen molar-refractivity contribution in [2.75, 3.05) is 18.2 Å². The molecule has 3 N–H and O–H groups in total. The van der Waals surface area contributed by atoms with Crippen molar-refractivity contribution in [3.63, 3.8) is 0 Å². The zero-order valence-electron chi connectivity index (χ0n) is 19.3. The number of anilines is 2. The molecule has 2 heterocycles. The molecule has 2 aromatic heterocycles. The van der Waals surface area contributed by atoms with E-state index < -0.39 is 0 Å². The van der Waals surface area contributed by atoms with Crippen molar-refractivity contribution in [3.8, 4) is 23.2 Å². The van der Waals surface area contributed by atoms with Crippen molar-refractivity contribution < 1.29 is 9.53 Å². The number of hydrogen-bond donors (Lipinski definition) is 2. The van der Waals surface area contributed by atoms with Crippen LogP contribution in [0.1, 0.15) is 37.3 Å². The summed E-state index contributed by atoms with van der Waals surface area (Å²) in [6, 6.07) is 16.8. The lowest BCUT2D eigenvalue weighted by Gasteiger charge is -2.28. The van der Waals surface area contributed by atoms with E-state index >= 15 is 0 Å². The number of nitrogens with two attached hydrogens (primary N) is 1. The van der Waals surface area contributed by atoms with Crippen LogP contribution < -0.4 is 15.8 Å². The lowest BCUT2D eigenvalue weighted by molar-refractivity contribution is -0.120. The second-order valence-electron chi connectivity index (χ2n) is 8.68. The predicted octanol–water partition coefficient (Wildman–Crippen LogP) is 4.33. The van der Waals surface area contributed by atoms with Crippen molar-refractivity contribution in [1.82, 2.24) is 19.5 Å². The molecule has 0 aliphatic heterocycles. The van der Waals surface area contributed by atoms with Gasteiger partial charge in [0, 0.05) is 29.3 Å². The van der Waals surface area contributed by atoms with Crippen LogP contribution in [0.2, 0.25) is 0 Å². The van der Waals surface area contributed by atoms with Gasteiger partial charge in [-0.05, 0) is 49.9 Å². The Hall–Kier alpha value is -4.45. The number of nitriles is 1. The van der Waals surface area contributed by atoms with E-state index in [0.717, 1.165) is 36.9 Å². The molecule has 1 aliphatic rings. The normalized spacial score (nSPS) is 17.6. The summed E-state index contributed by atoms with van der Waals surface area (Å²) < 4.78 is 7.28. The number of ether oxygens (including phenoxy) is 1. The first-order valence-corrected chi connectivity index (χ1v) is 11.5. The van der Waals surface area contributed by atoms with Gasteiger partial charge in [-0.3, -0.25) is 4.79 Å². The number of amides is 1. The fourth-order valence-electron chi connectivity index (χ4n) is 4.62. The number of hydrogen-bond acceptors (Lipinski definition) is 7. The second kappa shape index (κ2) is 9.43. The minimum Gasteiger partial charge on any atom is -0.497 e. The minimum atomic E-state index is -0.0591. The van der Waals surface area contributed by atoms with Gasteiger partial charge in [0.25, 0.3) is 0 Å². The fourth-order valence-corrected chi connectivity index (χ4v) is 4.62. The molecule has 1 saturated carbocycles. The van der Waals surface area contributed by atoms with Gasteiger partial charge in [0.2, 0.25) is 5.91 Å².